The molecule has 2 aromatic rings. The Labute approximate surface area is 281 Å². The van der Waals surface area contributed by atoms with E-state index in [0.717, 1.165) is 76.7 Å². The summed E-state index contributed by atoms with van der Waals surface area (Å²) >= 11 is 0. The van der Waals surface area contributed by atoms with Crippen molar-refractivity contribution in [1.82, 2.24) is 15.2 Å². The molecule has 8 rings (SSSR count). The number of benzene rings is 1. The predicted molar refractivity (Wildman–Crippen MR) is 175 cm³/mol. The minimum Gasteiger partial charge on any atom is -0.381 e. The van der Waals surface area contributed by atoms with Gasteiger partial charge < -0.3 is 31.0 Å². The third-order valence-electron chi connectivity index (χ3n) is 13.8. The van der Waals surface area contributed by atoms with Gasteiger partial charge in [0.15, 0.2) is 0 Å². The number of hydrogen-bond acceptors (Lipinski definition) is 8. The van der Waals surface area contributed by atoms with Crippen LogP contribution < -0.4 is 16.8 Å². The number of primary amides is 2. The van der Waals surface area contributed by atoms with Crippen molar-refractivity contribution in [2.75, 3.05) is 47.0 Å². The second-order valence-corrected chi connectivity index (χ2v) is 15.4. The van der Waals surface area contributed by atoms with Crippen molar-refractivity contribution in [2.24, 2.45) is 46.5 Å². The summed E-state index contributed by atoms with van der Waals surface area (Å²) in [7, 11) is 3.56. The fraction of sp³-hybridized carbons (Fsp3) is 0.649. The number of pyridine rings is 1. The molecular formula is C37H48FN5O5. The van der Waals surface area contributed by atoms with Crippen LogP contribution in [0.2, 0.25) is 0 Å². The molecule has 3 heterocycles. The number of hydrogen-bond donors (Lipinski definition) is 3. The minimum absolute atomic E-state index is 0.0358. The third-order valence-corrected chi connectivity index (χ3v) is 13.8. The average Bonchev–Trinajstić information content (AvgIpc) is 3.64. The highest BCUT2D eigenvalue weighted by molar-refractivity contribution is 5.93. The van der Waals surface area contributed by atoms with Crippen LogP contribution in [-0.2, 0) is 25.4 Å². The van der Waals surface area contributed by atoms with Crippen molar-refractivity contribution in [3.8, 4) is 0 Å². The lowest BCUT2D eigenvalue weighted by Crippen LogP contribution is -2.68. The van der Waals surface area contributed by atoms with Crippen LogP contribution in [-0.4, -0.2) is 80.8 Å². The molecule has 2 bridgehead atoms. The van der Waals surface area contributed by atoms with Gasteiger partial charge in [-0.05, 0) is 91.7 Å². The number of nitrogens with zero attached hydrogens (tertiary/aromatic N) is 2. The van der Waals surface area contributed by atoms with Gasteiger partial charge in [0.2, 0.25) is 5.91 Å². The maximum absolute atomic E-state index is 16.0. The summed E-state index contributed by atoms with van der Waals surface area (Å²) in [4.78, 5) is 31.5. The fourth-order valence-corrected chi connectivity index (χ4v) is 11.6. The topological polar surface area (TPSA) is 142 Å². The van der Waals surface area contributed by atoms with Crippen molar-refractivity contribution in [2.45, 2.75) is 68.3 Å². The van der Waals surface area contributed by atoms with E-state index in [-0.39, 0.29) is 52.6 Å². The van der Waals surface area contributed by atoms with Crippen LogP contribution in [0.15, 0.2) is 36.5 Å². The van der Waals surface area contributed by atoms with E-state index in [9.17, 15) is 9.59 Å². The van der Waals surface area contributed by atoms with Crippen LogP contribution in [0.25, 0.3) is 0 Å². The first-order chi connectivity index (χ1) is 23.2. The molecule has 1 aromatic carbocycles. The normalized spacial score (nSPS) is 40.0. The number of amides is 2. The number of methoxy groups -OCH3 is 2. The molecule has 0 radical (unpaired) electrons. The lowest BCUT2D eigenvalue weighted by atomic mass is 9.44. The Morgan fingerprint density at radius 2 is 1.88 bits per heavy atom. The molecule has 4 aliphatic carbocycles. The third kappa shape index (κ3) is 4.50. The van der Waals surface area contributed by atoms with Gasteiger partial charge in [0.1, 0.15) is 22.7 Å². The van der Waals surface area contributed by atoms with E-state index in [1.807, 2.05) is 12.1 Å². The molecule has 1 spiro atoms. The highest BCUT2D eigenvalue weighted by atomic mass is 19.1. The quantitative estimate of drug-likeness (QED) is 0.352. The highest BCUT2D eigenvalue weighted by Gasteiger charge is 2.75. The van der Waals surface area contributed by atoms with Crippen LogP contribution in [0.5, 0.6) is 0 Å². The SMILES string of the molecule is COC1CC(N2CC3CCC(COC4(c5cc(C(N)=O)ccc5F)C5CCCC56CNCC64)C(C2)C3(OC)c2ccnc(C(N)=O)c2)C1. The number of rotatable bonds is 10. The Bertz CT molecular complexity index is 1580. The van der Waals surface area contributed by atoms with Gasteiger partial charge in [0.05, 0.1) is 12.7 Å². The molecular weight excluding hydrogens is 613 g/mol. The summed E-state index contributed by atoms with van der Waals surface area (Å²) in [6.45, 7) is 3.79. The van der Waals surface area contributed by atoms with E-state index in [0.29, 0.717) is 23.8 Å². The van der Waals surface area contributed by atoms with Gasteiger partial charge in [-0.25, -0.2) is 4.39 Å². The van der Waals surface area contributed by atoms with Crippen molar-refractivity contribution in [1.29, 1.82) is 0 Å². The smallest absolute Gasteiger partial charge is 0.267 e. The van der Waals surface area contributed by atoms with E-state index in [1.54, 1.807) is 26.5 Å². The van der Waals surface area contributed by atoms with Gasteiger partial charge >= 0.3 is 0 Å². The molecule has 6 aliphatic rings. The molecule has 8 unspecified atom stereocenters. The number of piperidine rings is 1. The molecule has 4 saturated carbocycles. The second kappa shape index (κ2) is 11.8. The fourth-order valence-electron chi connectivity index (χ4n) is 11.6. The van der Waals surface area contributed by atoms with E-state index >= 15 is 4.39 Å². The van der Waals surface area contributed by atoms with Crippen molar-refractivity contribution < 1.29 is 28.2 Å². The molecule has 1 aromatic heterocycles. The minimum atomic E-state index is -0.855. The van der Waals surface area contributed by atoms with E-state index in [4.69, 9.17) is 25.7 Å². The monoisotopic (exact) mass is 661 g/mol. The highest BCUT2D eigenvalue weighted by Crippen LogP contribution is 2.73. The molecule has 48 heavy (non-hydrogen) atoms. The van der Waals surface area contributed by atoms with E-state index in [1.165, 1.54) is 12.1 Å². The Morgan fingerprint density at radius 3 is 2.62 bits per heavy atom. The summed E-state index contributed by atoms with van der Waals surface area (Å²) in [6.07, 6.45) is 8.97. The van der Waals surface area contributed by atoms with Gasteiger partial charge in [0.25, 0.3) is 5.91 Å². The van der Waals surface area contributed by atoms with Crippen molar-refractivity contribution in [3.63, 3.8) is 0 Å². The van der Waals surface area contributed by atoms with Gasteiger partial charge in [-0.3, -0.25) is 19.5 Å². The Balaban J connectivity index is 1.17. The maximum atomic E-state index is 16.0. The zero-order chi connectivity index (χ0) is 33.4. The zero-order valence-corrected chi connectivity index (χ0v) is 28.0. The lowest BCUT2D eigenvalue weighted by Gasteiger charge is -2.64. The number of likely N-dealkylation sites (tertiary alicyclic amines) is 1. The molecule has 8 atom stereocenters. The average molecular weight is 662 g/mol. The van der Waals surface area contributed by atoms with Gasteiger partial charge in [0, 0.05) is 81.5 Å². The van der Waals surface area contributed by atoms with Crippen LogP contribution in [0.1, 0.15) is 76.9 Å². The molecule has 10 nitrogen and oxygen atoms in total. The zero-order valence-electron chi connectivity index (χ0n) is 28.0. The van der Waals surface area contributed by atoms with E-state index in [2.05, 4.69) is 15.2 Å². The lowest BCUT2D eigenvalue weighted by molar-refractivity contribution is -0.274. The van der Waals surface area contributed by atoms with Gasteiger partial charge in [-0.2, -0.15) is 0 Å². The number of aromatic nitrogens is 1. The van der Waals surface area contributed by atoms with Gasteiger partial charge in [-0.15, -0.1) is 0 Å². The second-order valence-electron chi connectivity index (χ2n) is 15.4. The summed E-state index contributed by atoms with van der Waals surface area (Å²) in [5.41, 5.74) is 11.9. The maximum Gasteiger partial charge on any atom is 0.267 e. The Hall–Kier alpha value is -2.96. The molecule has 5 N–H and O–H groups in total. The number of nitrogens with one attached hydrogen (secondary N) is 1. The molecule has 258 valence electrons. The number of ether oxygens (including phenoxy) is 3. The first-order valence-corrected chi connectivity index (χ1v) is 17.7. The summed E-state index contributed by atoms with van der Waals surface area (Å²) in [5, 5.41) is 3.62. The Kier molecular flexibility index (Phi) is 7.95. The van der Waals surface area contributed by atoms with Crippen LogP contribution in [0.3, 0.4) is 0 Å². The molecule has 11 heteroatoms. The first kappa shape index (κ1) is 32.3. The number of carbonyl (C=O) groups is 2. The number of carbonyl (C=O) groups excluding carboxylic acids is 2. The van der Waals surface area contributed by atoms with Crippen molar-refractivity contribution >= 4 is 11.8 Å². The molecule has 2 saturated heterocycles. The molecule has 2 amide bonds. The van der Waals surface area contributed by atoms with Crippen LogP contribution in [0.4, 0.5) is 4.39 Å². The number of nitrogens with two attached hydrogens (primary N) is 2. The van der Waals surface area contributed by atoms with Crippen LogP contribution in [0, 0.1) is 40.8 Å². The molecule has 6 fully saturated rings. The summed E-state index contributed by atoms with van der Waals surface area (Å²) < 4.78 is 35.7. The standard InChI is InChI=1S/C37H48FN5O5/c1-46-26-14-25(15-26)43-17-24-7-5-22(28(18-43)36(24,47-2)23-9-11-42-30(13-23)34(40)45)19-48-37(27-12-21(33(39)44)6-8-29(27)38)31-4-3-10-35(31)20-41-16-32(35)37/h6,8-9,11-13,22,24-26,28,31-32,41H,3-5,7,10,14-20H2,1-2H3,(H2,39,44)(H2,40,45). The largest absolute Gasteiger partial charge is 0.381 e. The van der Waals surface area contributed by atoms with Crippen LogP contribution >= 0.6 is 0 Å². The summed E-state index contributed by atoms with van der Waals surface area (Å²) in [5.74, 6) is -0.924. The molecule has 2 aliphatic heterocycles. The number of fused-ring (bicyclic) bond motifs is 2. The number of halogens is 1. The predicted octanol–water partition coefficient (Wildman–Crippen LogP) is 3.33. The van der Waals surface area contributed by atoms with E-state index < -0.39 is 23.0 Å². The van der Waals surface area contributed by atoms with Gasteiger partial charge in [-0.1, -0.05) is 6.42 Å². The van der Waals surface area contributed by atoms with Crippen molar-refractivity contribution in [3.05, 3.63) is 64.7 Å². The summed E-state index contributed by atoms with van der Waals surface area (Å²) in [6, 6.07) is 8.72. The Morgan fingerprint density at radius 1 is 1.04 bits per heavy atom. The first-order valence-electron chi connectivity index (χ1n) is 17.7.